The molecule has 0 aliphatic heterocycles. The molecule has 126 valence electrons. The number of amides is 1. The summed E-state index contributed by atoms with van der Waals surface area (Å²) in [6.45, 7) is 0. The van der Waals surface area contributed by atoms with E-state index in [0.717, 1.165) is 0 Å². The summed E-state index contributed by atoms with van der Waals surface area (Å²) in [7, 11) is 3.00. The van der Waals surface area contributed by atoms with Gasteiger partial charge < -0.3 is 9.47 Å². The molecule has 1 N–H and O–H groups in total. The third-order valence-corrected chi connectivity index (χ3v) is 4.04. The van der Waals surface area contributed by atoms with Crippen LogP contribution in [0.5, 0.6) is 11.5 Å². The molecule has 2 aromatic rings. The molecule has 0 spiro atoms. The summed E-state index contributed by atoms with van der Waals surface area (Å²) in [4.78, 5) is 12.0. The van der Waals surface area contributed by atoms with E-state index < -0.39 is 5.91 Å². The van der Waals surface area contributed by atoms with Crippen molar-refractivity contribution in [3.63, 3.8) is 0 Å². The van der Waals surface area contributed by atoms with Gasteiger partial charge in [0, 0.05) is 5.56 Å². The van der Waals surface area contributed by atoms with Crippen LogP contribution < -0.4 is 14.9 Å². The molecule has 0 heterocycles. The Morgan fingerprint density at radius 1 is 1.04 bits per heavy atom. The van der Waals surface area contributed by atoms with Gasteiger partial charge in [0.15, 0.2) is 11.5 Å². The number of carbonyl (C=O) groups excluding carboxylic acids is 1. The summed E-state index contributed by atoms with van der Waals surface area (Å²) in [5, 5.41) is 4.92. The van der Waals surface area contributed by atoms with E-state index in [2.05, 4.69) is 10.5 Å². The maximum absolute atomic E-state index is 12.0. The quantitative estimate of drug-likeness (QED) is 0.610. The molecule has 0 aliphatic rings. The number of hydrogen-bond donors (Lipinski definition) is 1. The highest BCUT2D eigenvalue weighted by atomic mass is 35.5. The van der Waals surface area contributed by atoms with Crippen molar-refractivity contribution in [1.82, 2.24) is 5.43 Å². The zero-order valence-corrected chi connectivity index (χ0v) is 15.0. The zero-order valence-electron chi connectivity index (χ0n) is 12.8. The number of carbonyl (C=O) groups is 1. The molecule has 0 unspecified atom stereocenters. The van der Waals surface area contributed by atoms with E-state index in [-0.39, 0.29) is 0 Å². The molecule has 0 aliphatic carbocycles. The minimum atomic E-state index is -0.420. The highest BCUT2D eigenvalue weighted by Gasteiger charge is 2.10. The second-order valence-corrected chi connectivity index (χ2v) is 5.79. The van der Waals surface area contributed by atoms with Crippen LogP contribution in [0.15, 0.2) is 35.4 Å². The number of rotatable bonds is 5. The second kappa shape index (κ2) is 8.24. The number of ether oxygens (including phenoxy) is 2. The molecule has 0 atom stereocenters. The van der Waals surface area contributed by atoms with Crippen molar-refractivity contribution in [3.8, 4) is 11.5 Å². The highest BCUT2D eigenvalue weighted by Crippen LogP contribution is 2.35. The topological polar surface area (TPSA) is 59.9 Å². The summed E-state index contributed by atoms with van der Waals surface area (Å²) in [5.74, 6) is 0.467. The smallest absolute Gasteiger partial charge is 0.271 e. The number of halogens is 3. The maximum atomic E-state index is 12.0. The summed E-state index contributed by atoms with van der Waals surface area (Å²) in [5.41, 5.74) is 3.36. The Labute approximate surface area is 154 Å². The van der Waals surface area contributed by atoms with E-state index >= 15 is 0 Å². The van der Waals surface area contributed by atoms with Crippen LogP contribution in [-0.2, 0) is 0 Å². The minimum absolute atomic E-state index is 0.292. The number of nitrogens with zero attached hydrogens (tertiary/aromatic N) is 1. The van der Waals surface area contributed by atoms with E-state index in [4.69, 9.17) is 44.3 Å². The largest absolute Gasteiger partial charge is 0.493 e. The van der Waals surface area contributed by atoms with Crippen molar-refractivity contribution in [1.29, 1.82) is 0 Å². The molecule has 2 aromatic carbocycles. The molecule has 0 radical (unpaired) electrons. The maximum Gasteiger partial charge on any atom is 0.271 e. The number of benzene rings is 2. The third-order valence-electron chi connectivity index (χ3n) is 3.02. The average molecular weight is 388 g/mol. The van der Waals surface area contributed by atoms with E-state index in [0.29, 0.717) is 37.7 Å². The van der Waals surface area contributed by atoms with Crippen molar-refractivity contribution in [3.05, 3.63) is 56.5 Å². The van der Waals surface area contributed by atoms with Crippen molar-refractivity contribution in [2.45, 2.75) is 0 Å². The normalized spacial score (nSPS) is 10.7. The Hall–Kier alpha value is -1.95. The summed E-state index contributed by atoms with van der Waals surface area (Å²) in [6.07, 6.45) is 1.43. The summed E-state index contributed by atoms with van der Waals surface area (Å²) >= 11 is 17.8. The molecule has 0 saturated carbocycles. The molecule has 0 fully saturated rings. The fraction of sp³-hybridized carbons (Fsp3) is 0.125. The SMILES string of the molecule is COc1cc(C=NNC(=O)c2ccc(Cl)c(Cl)c2)cc(Cl)c1OC. The van der Waals surface area contributed by atoms with Crippen LogP contribution in [0.4, 0.5) is 0 Å². The van der Waals surface area contributed by atoms with Crippen LogP contribution in [0.1, 0.15) is 15.9 Å². The zero-order chi connectivity index (χ0) is 17.7. The fourth-order valence-electron chi connectivity index (χ4n) is 1.88. The van der Waals surface area contributed by atoms with Gasteiger partial charge in [-0.05, 0) is 35.9 Å². The molecule has 0 bridgehead atoms. The van der Waals surface area contributed by atoms with Crippen LogP contribution in [0, 0.1) is 0 Å². The number of hydrazone groups is 1. The van der Waals surface area contributed by atoms with Crippen molar-refractivity contribution >= 4 is 46.9 Å². The van der Waals surface area contributed by atoms with Crippen molar-refractivity contribution < 1.29 is 14.3 Å². The van der Waals surface area contributed by atoms with Gasteiger partial charge >= 0.3 is 0 Å². The molecule has 0 aromatic heterocycles. The van der Waals surface area contributed by atoms with Crippen molar-refractivity contribution in [2.75, 3.05) is 14.2 Å². The molecule has 5 nitrogen and oxygen atoms in total. The van der Waals surface area contributed by atoms with Gasteiger partial charge in [0.25, 0.3) is 5.91 Å². The van der Waals surface area contributed by atoms with Crippen LogP contribution in [0.3, 0.4) is 0 Å². The first-order valence-corrected chi connectivity index (χ1v) is 7.79. The molecular formula is C16H13Cl3N2O3. The Balaban J connectivity index is 2.12. The van der Waals surface area contributed by atoms with Crippen LogP contribution in [-0.4, -0.2) is 26.3 Å². The van der Waals surface area contributed by atoms with Gasteiger partial charge in [-0.15, -0.1) is 0 Å². The first-order chi connectivity index (χ1) is 11.5. The standard InChI is InChI=1S/C16H13Cl3N2O3/c1-23-14-6-9(5-13(19)15(14)24-2)8-20-21-16(22)10-3-4-11(17)12(18)7-10/h3-8H,1-2H3,(H,21,22). The molecular weight excluding hydrogens is 375 g/mol. The Morgan fingerprint density at radius 2 is 1.79 bits per heavy atom. The molecule has 24 heavy (non-hydrogen) atoms. The first-order valence-electron chi connectivity index (χ1n) is 6.66. The summed E-state index contributed by atoms with van der Waals surface area (Å²) < 4.78 is 10.3. The van der Waals surface area contributed by atoms with Gasteiger partial charge in [-0.2, -0.15) is 5.10 Å². The fourth-order valence-corrected chi connectivity index (χ4v) is 2.47. The van der Waals surface area contributed by atoms with E-state index in [9.17, 15) is 4.79 Å². The number of hydrogen-bond acceptors (Lipinski definition) is 4. The summed E-state index contributed by atoms with van der Waals surface area (Å²) in [6, 6.07) is 7.86. The molecule has 8 heteroatoms. The number of methoxy groups -OCH3 is 2. The minimum Gasteiger partial charge on any atom is -0.493 e. The van der Waals surface area contributed by atoms with Crippen molar-refractivity contribution in [2.24, 2.45) is 5.10 Å². The predicted octanol–water partition coefficient (Wildman–Crippen LogP) is 4.43. The second-order valence-electron chi connectivity index (χ2n) is 4.57. The van der Waals surface area contributed by atoms with Gasteiger partial charge in [-0.25, -0.2) is 5.43 Å². The monoisotopic (exact) mass is 386 g/mol. The Morgan fingerprint density at radius 3 is 2.42 bits per heavy atom. The van der Waals surface area contributed by atoms with Crippen LogP contribution in [0.25, 0.3) is 0 Å². The lowest BCUT2D eigenvalue weighted by Crippen LogP contribution is -2.17. The third kappa shape index (κ3) is 4.32. The predicted molar refractivity (Wildman–Crippen MR) is 96.1 cm³/mol. The van der Waals surface area contributed by atoms with Gasteiger partial charge in [-0.1, -0.05) is 34.8 Å². The Kier molecular flexibility index (Phi) is 6.31. The van der Waals surface area contributed by atoms with Gasteiger partial charge in [0.1, 0.15) is 0 Å². The van der Waals surface area contributed by atoms with Gasteiger partial charge in [0.2, 0.25) is 0 Å². The lowest BCUT2D eigenvalue weighted by Gasteiger charge is -2.09. The van der Waals surface area contributed by atoms with E-state index in [1.54, 1.807) is 18.2 Å². The molecule has 2 rings (SSSR count). The lowest BCUT2D eigenvalue weighted by molar-refractivity contribution is 0.0955. The molecule has 0 saturated heterocycles. The van der Waals surface area contributed by atoms with E-state index in [1.807, 2.05) is 0 Å². The highest BCUT2D eigenvalue weighted by molar-refractivity contribution is 6.42. The molecule has 1 amide bonds. The van der Waals surface area contributed by atoms with Crippen LogP contribution in [0.2, 0.25) is 15.1 Å². The lowest BCUT2D eigenvalue weighted by atomic mass is 10.2. The van der Waals surface area contributed by atoms with Gasteiger partial charge in [-0.3, -0.25) is 4.79 Å². The van der Waals surface area contributed by atoms with Crippen LogP contribution >= 0.6 is 34.8 Å². The average Bonchev–Trinajstić information content (AvgIpc) is 2.56. The first kappa shape index (κ1) is 18.4. The van der Waals surface area contributed by atoms with Gasteiger partial charge in [0.05, 0.1) is 35.5 Å². The van der Waals surface area contributed by atoms with E-state index in [1.165, 1.54) is 32.6 Å². The Bertz CT molecular complexity index is 794. The number of nitrogens with one attached hydrogen (secondary N) is 1.